The van der Waals surface area contributed by atoms with Gasteiger partial charge in [-0.3, -0.25) is 4.79 Å². The summed E-state index contributed by atoms with van der Waals surface area (Å²) in [4.78, 5) is 17.6. The molecule has 3 rings (SSSR count). The number of anilines is 1. The lowest BCUT2D eigenvalue weighted by Gasteiger charge is -2.28. The summed E-state index contributed by atoms with van der Waals surface area (Å²) in [6, 6.07) is 16.3. The summed E-state index contributed by atoms with van der Waals surface area (Å²) in [5.74, 6) is 0.444. The van der Waals surface area contributed by atoms with E-state index in [-0.39, 0.29) is 12.7 Å². The fourth-order valence-electron chi connectivity index (χ4n) is 1.83. The fraction of sp³-hybridized carbons (Fsp3) is 0.0714. The van der Waals surface area contributed by atoms with Crippen LogP contribution in [0.15, 0.2) is 54.6 Å². The van der Waals surface area contributed by atoms with E-state index < -0.39 is 0 Å². The summed E-state index contributed by atoms with van der Waals surface area (Å²) in [5, 5.41) is 1.27. The van der Waals surface area contributed by atoms with Gasteiger partial charge in [0.05, 0.1) is 0 Å². The fourth-order valence-corrected chi connectivity index (χ4v) is 1.83. The smallest absolute Gasteiger partial charge is 0.282 e. The van der Waals surface area contributed by atoms with Crippen molar-refractivity contribution in [2.75, 3.05) is 11.9 Å². The van der Waals surface area contributed by atoms with Gasteiger partial charge in [-0.25, -0.2) is 4.84 Å². The number of ether oxygens (including phenoxy) is 1. The highest BCUT2D eigenvalue weighted by Crippen LogP contribution is 2.32. The third-order valence-electron chi connectivity index (χ3n) is 2.69. The zero-order valence-electron chi connectivity index (χ0n) is 9.58. The summed E-state index contributed by atoms with van der Waals surface area (Å²) >= 11 is 0. The minimum Gasteiger partial charge on any atom is -0.463 e. The van der Waals surface area contributed by atoms with Crippen LogP contribution in [0.3, 0.4) is 0 Å². The van der Waals surface area contributed by atoms with Crippen LogP contribution in [-0.2, 0) is 4.84 Å². The van der Waals surface area contributed by atoms with Gasteiger partial charge in [-0.1, -0.05) is 30.3 Å². The average Bonchev–Trinajstić information content (AvgIpc) is 2.47. The number of hydrogen-bond donors (Lipinski definition) is 0. The number of para-hydroxylation sites is 2. The molecule has 2 aromatic carbocycles. The van der Waals surface area contributed by atoms with Crippen LogP contribution in [0.2, 0.25) is 0 Å². The van der Waals surface area contributed by atoms with Crippen molar-refractivity contribution in [2.45, 2.75) is 0 Å². The molecule has 0 N–H and O–H groups in total. The molecule has 4 heteroatoms. The first-order valence-corrected chi connectivity index (χ1v) is 5.60. The molecule has 1 amide bonds. The van der Waals surface area contributed by atoms with Gasteiger partial charge in [0.25, 0.3) is 5.91 Å². The molecule has 4 nitrogen and oxygen atoms in total. The highest BCUT2D eigenvalue weighted by atomic mass is 16.8. The van der Waals surface area contributed by atoms with Gasteiger partial charge >= 0.3 is 0 Å². The molecule has 0 saturated heterocycles. The Morgan fingerprint density at radius 1 is 1.00 bits per heavy atom. The van der Waals surface area contributed by atoms with E-state index in [0.717, 1.165) is 0 Å². The maximum absolute atomic E-state index is 12.3. The Morgan fingerprint density at radius 2 is 1.72 bits per heavy atom. The van der Waals surface area contributed by atoms with E-state index in [4.69, 9.17) is 9.57 Å². The Morgan fingerprint density at radius 3 is 2.56 bits per heavy atom. The van der Waals surface area contributed by atoms with Gasteiger partial charge in [0, 0.05) is 5.56 Å². The summed E-state index contributed by atoms with van der Waals surface area (Å²) in [7, 11) is 0. The van der Waals surface area contributed by atoms with Gasteiger partial charge in [0.1, 0.15) is 11.4 Å². The molecule has 0 bridgehead atoms. The number of benzene rings is 2. The molecule has 1 heterocycles. The Bertz CT molecular complexity index is 568. The van der Waals surface area contributed by atoms with Crippen molar-refractivity contribution in [1.29, 1.82) is 0 Å². The van der Waals surface area contributed by atoms with Crippen molar-refractivity contribution < 1.29 is 14.4 Å². The van der Waals surface area contributed by atoms with E-state index in [0.29, 0.717) is 17.0 Å². The van der Waals surface area contributed by atoms with Crippen LogP contribution in [0.4, 0.5) is 5.69 Å². The molecule has 0 aromatic heterocycles. The molecule has 1 aliphatic rings. The van der Waals surface area contributed by atoms with E-state index >= 15 is 0 Å². The minimum absolute atomic E-state index is 0.0373. The molecule has 0 unspecified atom stereocenters. The summed E-state index contributed by atoms with van der Waals surface area (Å²) < 4.78 is 5.32. The number of hydroxylamine groups is 1. The van der Waals surface area contributed by atoms with E-state index in [9.17, 15) is 4.79 Å². The van der Waals surface area contributed by atoms with Crippen molar-refractivity contribution >= 4 is 11.6 Å². The van der Waals surface area contributed by atoms with Gasteiger partial charge in [0.2, 0.25) is 6.79 Å². The van der Waals surface area contributed by atoms with Crippen LogP contribution in [0.5, 0.6) is 5.75 Å². The second-order valence-corrected chi connectivity index (χ2v) is 3.82. The first kappa shape index (κ1) is 10.8. The predicted octanol–water partition coefficient (Wildman–Crippen LogP) is 2.61. The Hall–Kier alpha value is -2.33. The van der Waals surface area contributed by atoms with Gasteiger partial charge in [0.15, 0.2) is 0 Å². The average molecular weight is 241 g/mol. The lowest BCUT2D eigenvalue weighted by molar-refractivity contribution is -0.0135. The highest BCUT2D eigenvalue weighted by Gasteiger charge is 2.25. The van der Waals surface area contributed by atoms with Gasteiger partial charge in [-0.05, 0) is 24.3 Å². The number of nitrogens with zero attached hydrogens (tertiary/aromatic N) is 1. The standard InChI is InChI=1S/C14H11NO3/c16-14(11-6-2-1-3-7-11)15-12-8-4-5-9-13(12)17-10-18-15/h1-9H,10H2. The largest absolute Gasteiger partial charge is 0.463 e. The van der Waals surface area contributed by atoms with E-state index in [1.165, 1.54) is 5.06 Å². The minimum atomic E-state index is -0.202. The number of rotatable bonds is 1. The topological polar surface area (TPSA) is 38.8 Å². The van der Waals surface area contributed by atoms with Gasteiger partial charge < -0.3 is 4.74 Å². The van der Waals surface area contributed by atoms with E-state index in [1.54, 1.807) is 18.2 Å². The third-order valence-corrected chi connectivity index (χ3v) is 2.69. The Kier molecular flexibility index (Phi) is 2.70. The second-order valence-electron chi connectivity index (χ2n) is 3.82. The number of carbonyl (C=O) groups is 1. The molecule has 0 aliphatic carbocycles. The van der Waals surface area contributed by atoms with Crippen LogP contribution in [0, 0.1) is 0 Å². The molecule has 2 aromatic rings. The zero-order valence-corrected chi connectivity index (χ0v) is 9.58. The van der Waals surface area contributed by atoms with Crippen LogP contribution >= 0.6 is 0 Å². The van der Waals surface area contributed by atoms with E-state index in [1.807, 2.05) is 36.4 Å². The van der Waals surface area contributed by atoms with Crippen molar-refractivity contribution in [3.05, 3.63) is 60.2 Å². The Labute approximate surface area is 104 Å². The quantitative estimate of drug-likeness (QED) is 0.770. The number of carbonyl (C=O) groups excluding carboxylic acids is 1. The zero-order chi connectivity index (χ0) is 12.4. The van der Waals surface area contributed by atoms with Crippen molar-refractivity contribution in [2.24, 2.45) is 0 Å². The van der Waals surface area contributed by atoms with Crippen LogP contribution < -0.4 is 9.80 Å². The molecule has 0 saturated carbocycles. The molecule has 1 aliphatic heterocycles. The second kappa shape index (κ2) is 4.50. The van der Waals surface area contributed by atoms with Crippen LogP contribution in [0.25, 0.3) is 0 Å². The molecule has 0 radical (unpaired) electrons. The number of fused-ring (bicyclic) bond motifs is 1. The van der Waals surface area contributed by atoms with Gasteiger partial charge in [-0.15, -0.1) is 0 Å². The van der Waals surface area contributed by atoms with Crippen molar-refractivity contribution in [3.63, 3.8) is 0 Å². The summed E-state index contributed by atoms with van der Waals surface area (Å²) in [6.07, 6.45) is 0. The van der Waals surface area contributed by atoms with Crippen molar-refractivity contribution in [1.82, 2.24) is 0 Å². The molecule has 0 fully saturated rings. The first-order chi connectivity index (χ1) is 8.86. The third kappa shape index (κ3) is 1.83. The number of amides is 1. The monoisotopic (exact) mass is 241 g/mol. The SMILES string of the molecule is O=C(c1ccccc1)N1OCOc2ccccc21. The van der Waals surface area contributed by atoms with E-state index in [2.05, 4.69) is 0 Å². The molecule has 0 atom stereocenters. The molecule has 90 valence electrons. The summed E-state index contributed by atoms with van der Waals surface area (Å²) in [6.45, 7) is 0.0373. The van der Waals surface area contributed by atoms with Crippen molar-refractivity contribution in [3.8, 4) is 5.75 Å². The predicted molar refractivity (Wildman–Crippen MR) is 66.3 cm³/mol. The van der Waals surface area contributed by atoms with Crippen LogP contribution in [-0.4, -0.2) is 12.7 Å². The molecule has 0 spiro atoms. The van der Waals surface area contributed by atoms with Crippen LogP contribution in [0.1, 0.15) is 10.4 Å². The normalized spacial score (nSPS) is 13.7. The molecule has 18 heavy (non-hydrogen) atoms. The molecular formula is C14H11NO3. The highest BCUT2D eigenvalue weighted by molar-refractivity contribution is 6.05. The Balaban J connectivity index is 1.97. The first-order valence-electron chi connectivity index (χ1n) is 5.60. The maximum Gasteiger partial charge on any atom is 0.282 e. The lowest BCUT2D eigenvalue weighted by atomic mass is 10.2. The molecular weight excluding hydrogens is 230 g/mol. The maximum atomic E-state index is 12.3. The summed E-state index contributed by atoms with van der Waals surface area (Å²) in [5.41, 5.74) is 1.20. The van der Waals surface area contributed by atoms with Gasteiger partial charge in [-0.2, -0.15) is 5.06 Å². The number of hydrogen-bond acceptors (Lipinski definition) is 3. The lowest BCUT2D eigenvalue weighted by Crippen LogP contribution is -2.35.